The predicted octanol–water partition coefficient (Wildman–Crippen LogP) is 2.04. The van der Waals surface area contributed by atoms with E-state index in [0.29, 0.717) is 11.1 Å². The Hall–Kier alpha value is -1.03. The van der Waals surface area contributed by atoms with Crippen molar-refractivity contribution in [3.8, 4) is 5.75 Å². The lowest BCUT2D eigenvalue weighted by Gasteiger charge is -2.06. The van der Waals surface area contributed by atoms with Gasteiger partial charge >= 0.3 is 5.97 Å². The number of aliphatic carboxylic acids is 1. The van der Waals surface area contributed by atoms with Gasteiger partial charge in [0.05, 0.1) is 0 Å². The lowest BCUT2D eigenvalue weighted by atomic mass is 10.2. The number of para-hydroxylation sites is 1. The summed E-state index contributed by atoms with van der Waals surface area (Å²) in [6, 6.07) is 7.32. The zero-order valence-electron chi connectivity index (χ0n) is 6.87. The molecule has 0 aliphatic carbocycles. The number of benzene rings is 1. The topological polar surface area (TPSA) is 46.5 Å². The molecule has 1 N–H and O–H groups in total. The van der Waals surface area contributed by atoms with E-state index in [-0.39, 0.29) is 6.61 Å². The van der Waals surface area contributed by atoms with Crippen LogP contribution in [0.3, 0.4) is 0 Å². The van der Waals surface area contributed by atoms with Crippen molar-refractivity contribution in [1.29, 1.82) is 0 Å². The number of ether oxygens (including phenoxy) is 1. The molecule has 0 heterocycles. The van der Waals surface area contributed by atoms with Crippen molar-refractivity contribution in [3.05, 3.63) is 29.8 Å². The van der Waals surface area contributed by atoms with Gasteiger partial charge in [-0.1, -0.05) is 34.1 Å². The SMILES string of the molecule is O=C(O)COc1ccccc1CBr. The van der Waals surface area contributed by atoms with Crippen LogP contribution < -0.4 is 4.74 Å². The third kappa shape index (κ3) is 3.06. The number of hydrogen-bond acceptors (Lipinski definition) is 2. The molecule has 0 fully saturated rings. The molecule has 13 heavy (non-hydrogen) atoms. The van der Waals surface area contributed by atoms with Gasteiger partial charge in [0.15, 0.2) is 6.61 Å². The van der Waals surface area contributed by atoms with E-state index in [0.717, 1.165) is 5.56 Å². The van der Waals surface area contributed by atoms with Crippen molar-refractivity contribution in [2.45, 2.75) is 5.33 Å². The van der Waals surface area contributed by atoms with Crippen molar-refractivity contribution in [2.24, 2.45) is 0 Å². The van der Waals surface area contributed by atoms with Gasteiger partial charge in [0, 0.05) is 10.9 Å². The third-order valence-electron chi connectivity index (χ3n) is 1.47. The van der Waals surface area contributed by atoms with E-state index in [1.807, 2.05) is 18.2 Å². The van der Waals surface area contributed by atoms with Crippen LogP contribution in [0.15, 0.2) is 24.3 Å². The van der Waals surface area contributed by atoms with Crippen molar-refractivity contribution < 1.29 is 14.6 Å². The molecule has 0 bridgehead atoms. The molecule has 0 aromatic heterocycles. The average molecular weight is 245 g/mol. The first-order chi connectivity index (χ1) is 6.24. The number of rotatable bonds is 4. The van der Waals surface area contributed by atoms with Crippen LogP contribution in [0, 0.1) is 0 Å². The molecule has 0 spiro atoms. The number of carboxylic acids is 1. The van der Waals surface area contributed by atoms with Crippen LogP contribution in [0.4, 0.5) is 0 Å². The van der Waals surface area contributed by atoms with Crippen molar-refractivity contribution in [3.63, 3.8) is 0 Å². The minimum Gasteiger partial charge on any atom is -0.482 e. The van der Waals surface area contributed by atoms with Crippen LogP contribution in [-0.4, -0.2) is 17.7 Å². The molecule has 0 amide bonds. The maximum absolute atomic E-state index is 10.2. The second kappa shape index (κ2) is 4.87. The number of carbonyl (C=O) groups is 1. The minimum absolute atomic E-state index is 0.302. The van der Waals surface area contributed by atoms with Crippen LogP contribution in [0.2, 0.25) is 0 Å². The van der Waals surface area contributed by atoms with Gasteiger partial charge in [0.25, 0.3) is 0 Å². The van der Waals surface area contributed by atoms with E-state index in [1.54, 1.807) is 6.07 Å². The monoisotopic (exact) mass is 244 g/mol. The Morgan fingerprint density at radius 1 is 1.46 bits per heavy atom. The summed E-state index contributed by atoms with van der Waals surface area (Å²) < 4.78 is 5.06. The fraction of sp³-hybridized carbons (Fsp3) is 0.222. The average Bonchev–Trinajstić information content (AvgIpc) is 2.15. The molecule has 1 rings (SSSR count). The maximum Gasteiger partial charge on any atom is 0.341 e. The smallest absolute Gasteiger partial charge is 0.341 e. The molecule has 4 heteroatoms. The van der Waals surface area contributed by atoms with Gasteiger partial charge in [-0.15, -0.1) is 0 Å². The Kier molecular flexibility index (Phi) is 3.76. The van der Waals surface area contributed by atoms with Gasteiger partial charge in [-0.25, -0.2) is 4.79 Å². The van der Waals surface area contributed by atoms with E-state index in [4.69, 9.17) is 9.84 Å². The van der Waals surface area contributed by atoms with E-state index in [1.165, 1.54) is 0 Å². The summed E-state index contributed by atoms with van der Waals surface area (Å²) in [7, 11) is 0. The molecule has 0 aliphatic rings. The maximum atomic E-state index is 10.2. The summed E-state index contributed by atoms with van der Waals surface area (Å²) in [5, 5.41) is 9.06. The standard InChI is InChI=1S/C9H9BrO3/c10-5-7-3-1-2-4-8(7)13-6-9(11)12/h1-4H,5-6H2,(H,11,12). The number of carboxylic acid groups (broad SMARTS) is 1. The summed E-state index contributed by atoms with van der Waals surface area (Å²) in [5.41, 5.74) is 0.948. The number of alkyl halides is 1. The largest absolute Gasteiger partial charge is 0.482 e. The van der Waals surface area contributed by atoms with Crippen molar-refractivity contribution in [1.82, 2.24) is 0 Å². The summed E-state index contributed by atoms with van der Waals surface area (Å²) in [6.45, 7) is -0.302. The molecule has 0 atom stereocenters. The minimum atomic E-state index is -0.968. The zero-order chi connectivity index (χ0) is 9.68. The van der Waals surface area contributed by atoms with Gasteiger partial charge in [0.2, 0.25) is 0 Å². The molecule has 1 aromatic rings. The highest BCUT2D eigenvalue weighted by atomic mass is 79.9. The Bertz CT molecular complexity index is 299. The second-order valence-electron chi connectivity index (χ2n) is 2.42. The molecule has 70 valence electrons. The van der Waals surface area contributed by atoms with Crippen molar-refractivity contribution in [2.75, 3.05) is 6.61 Å². The van der Waals surface area contributed by atoms with Gasteiger partial charge in [-0.2, -0.15) is 0 Å². The lowest BCUT2D eigenvalue weighted by Crippen LogP contribution is -2.10. The first-order valence-corrected chi connectivity index (χ1v) is 4.84. The van der Waals surface area contributed by atoms with Gasteiger partial charge in [-0.05, 0) is 6.07 Å². The van der Waals surface area contributed by atoms with Gasteiger partial charge < -0.3 is 9.84 Å². The number of hydrogen-bond donors (Lipinski definition) is 1. The Morgan fingerprint density at radius 3 is 2.77 bits per heavy atom. The highest BCUT2D eigenvalue weighted by Gasteiger charge is 2.03. The molecule has 0 radical (unpaired) electrons. The predicted molar refractivity (Wildman–Crippen MR) is 52.2 cm³/mol. The summed E-state index contributed by atoms with van der Waals surface area (Å²) >= 11 is 3.29. The van der Waals surface area contributed by atoms with E-state index >= 15 is 0 Å². The molecule has 0 saturated heterocycles. The van der Waals surface area contributed by atoms with Crippen molar-refractivity contribution >= 4 is 21.9 Å². The molecular formula is C9H9BrO3. The Balaban J connectivity index is 2.69. The summed E-state index contributed by atoms with van der Waals surface area (Å²) in [6.07, 6.45) is 0. The normalized spacial score (nSPS) is 9.62. The molecule has 0 aliphatic heterocycles. The quantitative estimate of drug-likeness (QED) is 0.825. The van der Waals surface area contributed by atoms with Crippen LogP contribution >= 0.6 is 15.9 Å². The molecule has 3 nitrogen and oxygen atoms in total. The second-order valence-corrected chi connectivity index (χ2v) is 2.98. The fourth-order valence-electron chi connectivity index (χ4n) is 0.895. The highest BCUT2D eigenvalue weighted by molar-refractivity contribution is 9.08. The first-order valence-electron chi connectivity index (χ1n) is 3.72. The lowest BCUT2D eigenvalue weighted by molar-refractivity contribution is -0.139. The number of halogens is 1. The highest BCUT2D eigenvalue weighted by Crippen LogP contribution is 2.20. The van der Waals surface area contributed by atoms with Crippen LogP contribution in [0.25, 0.3) is 0 Å². The Labute approximate surface area is 84.5 Å². The first kappa shape index (κ1) is 10.1. The van der Waals surface area contributed by atoms with E-state index < -0.39 is 5.97 Å². The van der Waals surface area contributed by atoms with Crippen LogP contribution in [0.5, 0.6) is 5.75 Å². The van der Waals surface area contributed by atoms with Crippen LogP contribution in [0.1, 0.15) is 5.56 Å². The fourth-order valence-corrected chi connectivity index (χ4v) is 1.36. The summed E-state index contributed by atoms with van der Waals surface area (Å²) in [4.78, 5) is 10.2. The third-order valence-corrected chi connectivity index (χ3v) is 2.07. The zero-order valence-corrected chi connectivity index (χ0v) is 8.45. The molecular weight excluding hydrogens is 236 g/mol. The molecule has 0 saturated carbocycles. The molecule has 0 unspecified atom stereocenters. The van der Waals surface area contributed by atoms with E-state index in [9.17, 15) is 4.79 Å². The Morgan fingerprint density at radius 2 is 2.15 bits per heavy atom. The van der Waals surface area contributed by atoms with E-state index in [2.05, 4.69) is 15.9 Å². The van der Waals surface area contributed by atoms with Gasteiger partial charge in [-0.3, -0.25) is 0 Å². The van der Waals surface area contributed by atoms with Gasteiger partial charge in [0.1, 0.15) is 5.75 Å². The molecule has 1 aromatic carbocycles. The van der Waals surface area contributed by atoms with Crippen LogP contribution in [-0.2, 0) is 10.1 Å². The summed E-state index contributed by atoms with van der Waals surface area (Å²) in [5.74, 6) is -0.355.